The molecule has 0 unspecified atom stereocenters. The van der Waals surface area contributed by atoms with E-state index in [1.54, 1.807) is 0 Å². The lowest BCUT2D eigenvalue weighted by Crippen LogP contribution is -2.44. The van der Waals surface area contributed by atoms with E-state index in [-0.39, 0.29) is 0 Å². The number of hydrogen-bond donors (Lipinski definition) is 3. The summed E-state index contributed by atoms with van der Waals surface area (Å²) in [5.74, 6) is 1.16. The molecule has 4 N–H and O–H groups in total. The van der Waals surface area contributed by atoms with E-state index >= 15 is 0 Å². The predicted octanol–water partition coefficient (Wildman–Crippen LogP) is 5.83. The van der Waals surface area contributed by atoms with Crippen LogP contribution in [-0.4, -0.2) is 46.0 Å². The standard InChI is InChI=1S/C30H45N5Si4/c1-36(22-24-38(3,4)27-18-12-8-13-19-27)34-29(31)33-30(32-26-16-10-7-11-17-26)35-37(2)23-25-39(5,6)28-20-14-9-15-21-28/h7-21H,22-25H2,1-6H3,(H4,31,32,33,34,35). The summed E-state index contributed by atoms with van der Waals surface area (Å²) in [6.07, 6.45) is 0. The summed E-state index contributed by atoms with van der Waals surface area (Å²) in [6.45, 7) is 14.3. The van der Waals surface area contributed by atoms with Gasteiger partial charge in [-0.2, -0.15) is 0 Å². The van der Waals surface area contributed by atoms with Crippen molar-refractivity contribution in [2.24, 2.45) is 15.0 Å². The van der Waals surface area contributed by atoms with Crippen molar-refractivity contribution in [2.45, 2.75) is 63.5 Å². The molecular formula is C30H45N5Si4. The van der Waals surface area contributed by atoms with Gasteiger partial charge in [-0.1, -0.05) is 141 Å². The zero-order chi connectivity index (χ0) is 28.3. The van der Waals surface area contributed by atoms with Crippen LogP contribution in [0.4, 0.5) is 5.69 Å². The van der Waals surface area contributed by atoms with Crippen molar-refractivity contribution >= 4 is 62.0 Å². The van der Waals surface area contributed by atoms with Crippen molar-refractivity contribution in [1.29, 1.82) is 0 Å². The maximum atomic E-state index is 6.45. The first-order valence-electron chi connectivity index (χ1n) is 13.8. The van der Waals surface area contributed by atoms with Gasteiger partial charge < -0.3 is 11.1 Å². The van der Waals surface area contributed by atoms with Gasteiger partial charge in [0.1, 0.15) is 0 Å². The maximum absolute atomic E-state index is 6.45. The molecule has 5 nitrogen and oxygen atoms in total. The molecule has 3 rings (SSSR count). The molecule has 39 heavy (non-hydrogen) atoms. The van der Waals surface area contributed by atoms with Crippen LogP contribution in [0.3, 0.4) is 0 Å². The molecule has 0 aromatic heterocycles. The van der Waals surface area contributed by atoms with E-state index in [0.29, 0.717) is 11.9 Å². The van der Waals surface area contributed by atoms with Gasteiger partial charge in [-0.3, -0.25) is 14.6 Å². The molecule has 0 saturated heterocycles. The lowest BCUT2D eigenvalue weighted by molar-refractivity contribution is 1.24. The van der Waals surface area contributed by atoms with E-state index in [0.717, 1.165) is 17.8 Å². The monoisotopic (exact) mass is 587 g/mol. The van der Waals surface area contributed by atoms with Crippen LogP contribution >= 0.6 is 0 Å². The fourth-order valence-electron chi connectivity index (χ4n) is 4.46. The Morgan fingerprint density at radius 1 is 0.667 bits per heavy atom. The van der Waals surface area contributed by atoms with Gasteiger partial charge in [0.05, 0.1) is 16.1 Å². The molecule has 0 fully saturated rings. The Morgan fingerprint density at radius 3 is 1.54 bits per heavy atom. The molecule has 3 aromatic rings. The highest BCUT2D eigenvalue weighted by Gasteiger charge is 2.25. The second-order valence-electron chi connectivity index (χ2n) is 11.5. The van der Waals surface area contributed by atoms with Gasteiger partial charge in [-0.05, 0) is 24.2 Å². The number of nitrogens with zero attached hydrogens (tertiary/aromatic N) is 2. The molecule has 0 aliphatic rings. The van der Waals surface area contributed by atoms with Crippen LogP contribution < -0.4 is 26.7 Å². The van der Waals surface area contributed by atoms with Crippen LogP contribution in [0.15, 0.2) is 100 Å². The highest BCUT2D eigenvalue weighted by atomic mass is 28.3. The lowest BCUT2D eigenvalue weighted by Gasteiger charge is -2.24. The second kappa shape index (κ2) is 14.6. The van der Waals surface area contributed by atoms with Crippen LogP contribution in [0.5, 0.6) is 0 Å². The molecule has 9 heteroatoms. The summed E-state index contributed by atoms with van der Waals surface area (Å²) >= 11 is 0. The van der Waals surface area contributed by atoms with E-state index in [1.165, 1.54) is 22.5 Å². The average Bonchev–Trinajstić information content (AvgIpc) is 2.92. The normalized spacial score (nSPS) is 13.1. The van der Waals surface area contributed by atoms with Crippen LogP contribution in [0.2, 0.25) is 63.5 Å². The third kappa shape index (κ3) is 10.4. The summed E-state index contributed by atoms with van der Waals surface area (Å²) in [5, 5.41) is 9.80. The molecule has 0 saturated carbocycles. The molecule has 0 aliphatic carbocycles. The van der Waals surface area contributed by atoms with Crippen molar-refractivity contribution in [1.82, 2.24) is 5.32 Å². The minimum Gasteiger partial charge on any atom is -0.370 e. The fourth-order valence-corrected chi connectivity index (χ4v) is 16.3. The van der Waals surface area contributed by atoms with Crippen molar-refractivity contribution in [3.63, 3.8) is 0 Å². The van der Waals surface area contributed by atoms with E-state index < -0.39 is 34.1 Å². The first-order valence-corrected chi connectivity index (χ1v) is 24.6. The lowest BCUT2D eigenvalue weighted by atomic mass is 10.3. The Morgan fingerprint density at radius 2 is 1.08 bits per heavy atom. The molecule has 0 spiro atoms. The van der Waals surface area contributed by atoms with E-state index in [9.17, 15) is 0 Å². The summed E-state index contributed by atoms with van der Waals surface area (Å²) in [7, 11) is -4.92. The molecule has 0 heterocycles. The largest absolute Gasteiger partial charge is 0.370 e. The molecule has 0 aliphatic heterocycles. The number of anilines is 1. The van der Waals surface area contributed by atoms with Crippen LogP contribution in [0.1, 0.15) is 0 Å². The number of para-hydroxylation sites is 1. The van der Waals surface area contributed by atoms with Crippen molar-refractivity contribution < 1.29 is 0 Å². The van der Waals surface area contributed by atoms with E-state index in [2.05, 4.69) is 111 Å². The smallest absolute Gasteiger partial charge is 0.197 e. The minimum absolute atomic E-state index is 0.460. The van der Waals surface area contributed by atoms with Crippen LogP contribution in [0.25, 0.3) is 0 Å². The molecular weight excluding hydrogens is 543 g/mol. The van der Waals surface area contributed by atoms with Gasteiger partial charge in [-0.25, -0.2) is 0 Å². The Balaban J connectivity index is 1.65. The van der Waals surface area contributed by atoms with Gasteiger partial charge in [0.25, 0.3) is 0 Å². The number of benzene rings is 3. The Kier molecular flexibility index (Phi) is 11.5. The number of guanidine groups is 2. The van der Waals surface area contributed by atoms with Gasteiger partial charge in [0, 0.05) is 5.69 Å². The van der Waals surface area contributed by atoms with Gasteiger partial charge in [0.2, 0.25) is 0 Å². The Labute approximate surface area is 241 Å². The molecule has 206 valence electrons. The van der Waals surface area contributed by atoms with Crippen LogP contribution in [-0.2, 0) is 0 Å². The molecule has 3 aromatic carbocycles. The first kappa shape index (κ1) is 30.8. The second-order valence-corrected chi connectivity index (χ2v) is 25.6. The number of nitrogens with two attached hydrogens (primary N) is 1. The fraction of sp³-hybridized carbons (Fsp3) is 0.333. The van der Waals surface area contributed by atoms with E-state index in [1.807, 2.05) is 30.3 Å². The van der Waals surface area contributed by atoms with Gasteiger partial charge in [0.15, 0.2) is 29.8 Å². The average molecular weight is 588 g/mol. The molecule has 0 bridgehead atoms. The Hall–Kier alpha value is -2.73. The zero-order valence-electron chi connectivity index (χ0n) is 24.5. The summed E-state index contributed by atoms with van der Waals surface area (Å²) < 4.78 is 10.0. The first-order chi connectivity index (χ1) is 18.5. The maximum Gasteiger partial charge on any atom is 0.197 e. The van der Waals surface area contributed by atoms with Crippen molar-refractivity contribution in [3.8, 4) is 0 Å². The van der Waals surface area contributed by atoms with Gasteiger partial charge >= 0.3 is 0 Å². The molecule has 2 radical (unpaired) electrons. The van der Waals surface area contributed by atoms with Gasteiger partial charge in [-0.15, -0.1) is 0 Å². The summed E-state index contributed by atoms with van der Waals surface area (Å²) in [5.41, 5.74) is 7.44. The third-order valence-electron chi connectivity index (χ3n) is 7.23. The number of hydrogen-bond acceptors (Lipinski definition) is 2. The minimum atomic E-state index is -1.50. The topological polar surface area (TPSA) is 74.8 Å². The number of rotatable bonds is 11. The summed E-state index contributed by atoms with van der Waals surface area (Å²) in [6, 6.07) is 36.7. The van der Waals surface area contributed by atoms with Crippen molar-refractivity contribution in [3.05, 3.63) is 91.0 Å². The predicted molar refractivity (Wildman–Crippen MR) is 182 cm³/mol. The highest BCUT2D eigenvalue weighted by Crippen LogP contribution is 2.17. The molecule has 0 amide bonds. The molecule has 0 atom stereocenters. The summed E-state index contributed by atoms with van der Waals surface area (Å²) in [4.78, 5) is 0. The van der Waals surface area contributed by atoms with Crippen LogP contribution in [0, 0.1) is 0 Å². The van der Waals surface area contributed by atoms with Crippen molar-refractivity contribution in [2.75, 3.05) is 5.32 Å². The quantitative estimate of drug-likeness (QED) is 0.150. The third-order valence-corrected chi connectivity index (χ3v) is 18.2. The number of nitrogens with one attached hydrogen (secondary N) is 2. The Bertz CT molecular complexity index is 1200. The zero-order valence-corrected chi connectivity index (χ0v) is 28.5. The SMILES string of the molecule is C[Si](CC[Si](C)(C)c1ccccc1)/N=C(\N)N/C(=N/[Si](C)CC[Si](C)(C)c1ccccc1)Nc1ccccc1. The highest BCUT2D eigenvalue weighted by molar-refractivity contribution is 6.91. The van der Waals surface area contributed by atoms with E-state index in [4.69, 9.17) is 15.0 Å².